The van der Waals surface area contributed by atoms with Crippen molar-refractivity contribution in [2.24, 2.45) is 5.92 Å². The van der Waals surface area contributed by atoms with Gasteiger partial charge in [-0.15, -0.1) is 0 Å². The summed E-state index contributed by atoms with van der Waals surface area (Å²) >= 11 is 0. The molecule has 0 aromatic heterocycles. The van der Waals surface area contributed by atoms with Gasteiger partial charge in [-0.1, -0.05) is 6.42 Å². The highest BCUT2D eigenvalue weighted by Gasteiger charge is 2.21. The van der Waals surface area contributed by atoms with E-state index in [9.17, 15) is 13.6 Å². The lowest BCUT2D eigenvalue weighted by molar-refractivity contribution is -0.142. The number of carboxylic acid groups (broad SMARTS) is 1. The lowest BCUT2D eigenvalue weighted by atomic mass is 9.97. The molecule has 3 nitrogen and oxygen atoms in total. The van der Waals surface area contributed by atoms with Crippen LogP contribution in [0.2, 0.25) is 0 Å². The third kappa shape index (κ3) is 4.97. The number of halogens is 2. The number of hydrogen-bond donors (Lipinski definition) is 1. The monoisotopic (exact) mass is 312 g/mol. The van der Waals surface area contributed by atoms with Gasteiger partial charge in [-0.2, -0.15) is 0 Å². The average Bonchev–Trinajstić information content (AvgIpc) is 2.60. The first-order chi connectivity index (χ1) is 10.6. The van der Waals surface area contributed by atoms with Crippen molar-refractivity contribution in [3.63, 3.8) is 0 Å². The SMILES string of the molecule is O=C(O)C1CCCCC(Oc2ccc(C(F)F)cc2)CCC1. The number of alkyl halides is 2. The first-order valence-corrected chi connectivity index (χ1v) is 7.84. The van der Waals surface area contributed by atoms with Crippen LogP contribution in [-0.4, -0.2) is 17.2 Å². The molecule has 2 rings (SSSR count). The first-order valence-electron chi connectivity index (χ1n) is 7.84. The summed E-state index contributed by atoms with van der Waals surface area (Å²) in [5, 5.41) is 9.13. The van der Waals surface area contributed by atoms with Crippen molar-refractivity contribution in [3.8, 4) is 5.75 Å². The second-order valence-corrected chi connectivity index (χ2v) is 5.86. The van der Waals surface area contributed by atoms with Gasteiger partial charge in [0.05, 0.1) is 12.0 Å². The third-order valence-corrected chi connectivity index (χ3v) is 4.19. The minimum absolute atomic E-state index is 0.00823. The zero-order chi connectivity index (χ0) is 15.9. The van der Waals surface area contributed by atoms with Gasteiger partial charge in [0, 0.05) is 5.56 Å². The molecule has 1 aromatic carbocycles. The molecule has 1 aliphatic rings. The Hall–Kier alpha value is -1.65. The normalized spacial score (nSPS) is 23.4. The Morgan fingerprint density at radius 3 is 2.27 bits per heavy atom. The fraction of sp³-hybridized carbons (Fsp3) is 0.588. The molecule has 0 aliphatic heterocycles. The van der Waals surface area contributed by atoms with Crippen LogP contribution < -0.4 is 4.74 Å². The van der Waals surface area contributed by atoms with Crippen LogP contribution in [0.4, 0.5) is 8.78 Å². The van der Waals surface area contributed by atoms with Crippen LogP contribution in [0.5, 0.6) is 5.75 Å². The van der Waals surface area contributed by atoms with E-state index in [1.165, 1.54) is 12.1 Å². The quantitative estimate of drug-likeness (QED) is 0.867. The van der Waals surface area contributed by atoms with Crippen LogP contribution in [0.15, 0.2) is 24.3 Å². The van der Waals surface area contributed by atoms with E-state index in [4.69, 9.17) is 9.84 Å². The van der Waals surface area contributed by atoms with Gasteiger partial charge in [-0.05, 0) is 62.8 Å². The van der Waals surface area contributed by atoms with E-state index >= 15 is 0 Å². The van der Waals surface area contributed by atoms with E-state index < -0.39 is 12.4 Å². The smallest absolute Gasteiger partial charge is 0.306 e. The largest absolute Gasteiger partial charge is 0.490 e. The van der Waals surface area contributed by atoms with Crippen LogP contribution in [-0.2, 0) is 4.79 Å². The standard InChI is InChI=1S/C17H22F2O3/c18-16(19)12-8-10-15(11-9-12)22-14-6-2-1-4-13(17(20)21)5-3-7-14/h8-11,13-14,16H,1-7H2,(H,20,21). The predicted octanol–water partition coefficient (Wildman–Crippen LogP) is 4.82. The van der Waals surface area contributed by atoms with Gasteiger partial charge < -0.3 is 9.84 Å². The Morgan fingerprint density at radius 2 is 1.64 bits per heavy atom. The summed E-state index contributed by atoms with van der Waals surface area (Å²) in [4.78, 5) is 11.1. The molecule has 1 N–H and O–H groups in total. The lowest BCUT2D eigenvalue weighted by Gasteiger charge is -2.18. The van der Waals surface area contributed by atoms with E-state index in [1.807, 2.05) is 0 Å². The highest BCUT2D eigenvalue weighted by molar-refractivity contribution is 5.69. The number of carboxylic acids is 1. The molecule has 1 aromatic rings. The Kier molecular flexibility index (Phi) is 6.16. The number of rotatable bonds is 4. The molecule has 122 valence electrons. The number of ether oxygens (including phenoxy) is 1. The number of benzene rings is 1. The minimum atomic E-state index is -2.47. The first kappa shape index (κ1) is 16.7. The summed E-state index contributed by atoms with van der Waals surface area (Å²) in [5.41, 5.74) is -0.00823. The molecule has 2 unspecified atom stereocenters. The Labute approximate surface area is 129 Å². The van der Waals surface area contributed by atoms with Crippen molar-refractivity contribution in [1.82, 2.24) is 0 Å². The van der Waals surface area contributed by atoms with Gasteiger partial charge in [0.2, 0.25) is 0 Å². The van der Waals surface area contributed by atoms with Gasteiger partial charge in [-0.3, -0.25) is 4.79 Å². The summed E-state index contributed by atoms with van der Waals surface area (Å²) in [7, 11) is 0. The molecule has 0 spiro atoms. The van der Waals surface area contributed by atoms with Gasteiger partial charge in [0.1, 0.15) is 5.75 Å². The summed E-state index contributed by atoms with van der Waals surface area (Å²) in [6.45, 7) is 0. The zero-order valence-corrected chi connectivity index (χ0v) is 12.5. The minimum Gasteiger partial charge on any atom is -0.490 e. The summed E-state index contributed by atoms with van der Waals surface area (Å²) in [6, 6.07) is 5.92. The highest BCUT2D eigenvalue weighted by atomic mass is 19.3. The number of aliphatic carboxylic acids is 1. The molecule has 0 heterocycles. The predicted molar refractivity (Wildman–Crippen MR) is 79.3 cm³/mol. The molecule has 0 amide bonds. The van der Waals surface area contributed by atoms with E-state index in [1.54, 1.807) is 12.1 Å². The van der Waals surface area contributed by atoms with E-state index in [-0.39, 0.29) is 17.6 Å². The molecular weight excluding hydrogens is 290 g/mol. The molecule has 1 aliphatic carbocycles. The van der Waals surface area contributed by atoms with Gasteiger partial charge in [0.15, 0.2) is 0 Å². The summed E-state index contributed by atoms with van der Waals surface area (Å²) in [5.74, 6) is -0.352. The van der Waals surface area contributed by atoms with Crippen molar-refractivity contribution in [2.75, 3.05) is 0 Å². The maximum Gasteiger partial charge on any atom is 0.306 e. The Bertz CT molecular complexity index is 473. The molecule has 5 heteroatoms. The second kappa shape index (κ2) is 8.11. The Balaban J connectivity index is 1.90. The van der Waals surface area contributed by atoms with Gasteiger partial charge >= 0.3 is 5.97 Å². The fourth-order valence-electron chi connectivity index (χ4n) is 2.89. The average molecular weight is 312 g/mol. The van der Waals surface area contributed by atoms with Gasteiger partial charge in [-0.25, -0.2) is 8.78 Å². The van der Waals surface area contributed by atoms with Crippen molar-refractivity contribution >= 4 is 5.97 Å². The lowest BCUT2D eigenvalue weighted by Crippen LogP contribution is -2.16. The molecule has 2 atom stereocenters. The van der Waals surface area contributed by atoms with Crippen molar-refractivity contribution in [3.05, 3.63) is 29.8 Å². The van der Waals surface area contributed by atoms with E-state index in [2.05, 4.69) is 0 Å². The van der Waals surface area contributed by atoms with E-state index in [0.717, 1.165) is 38.5 Å². The zero-order valence-electron chi connectivity index (χ0n) is 12.5. The number of carbonyl (C=O) groups is 1. The molecule has 0 radical (unpaired) electrons. The highest BCUT2D eigenvalue weighted by Crippen LogP contribution is 2.26. The fourth-order valence-corrected chi connectivity index (χ4v) is 2.89. The van der Waals surface area contributed by atoms with Crippen LogP contribution in [0.1, 0.15) is 56.9 Å². The molecular formula is C17H22F2O3. The van der Waals surface area contributed by atoms with Crippen LogP contribution in [0, 0.1) is 5.92 Å². The maximum atomic E-state index is 12.5. The summed E-state index contributed by atoms with van der Waals surface area (Å²) in [6.07, 6.45) is 3.30. The molecule has 22 heavy (non-hydrogen) atoms. The third-order valence-electron chi connectivity index (χ3n) is 4.19. The molecule has 0 bridgehead atoms. The van der Waals surface area contributed by atoms with Crippen LogP contribution in [0.3, 0.4) is 0 Å². The van der Waals surface area contributed by atoms with Crippen molar-refractivity contribution in [1.29, 1.82) is 0 Å². The van der Waals surface area contributed by atoms with Crippen molar-refractivity contribution in [2.45, 2.75) is 57.5 Å². The van der Waals surface area contributed by atoms with Crippen molar-refractivity contribution < 1.29 is 23.4 Å². The Morgan fingerprint density at radius 1 is 1.05 bits per heavy atom. The van der Waals surface area contributed by atoms with Gasteiger partial charge in [0.25, 0.3) is 6.43 Å². The molecule has 1 saturated carbocycles. The van der Waals surface area contributed by atoms with Crippen LogP contribution >= 0.6 is 0 Å². The second-order valence-electron chi connectivity index (χ2n) is 5.86. The molecule has 0 saturated heterocycles. The maximum absolute atomic E-state index is 12.5. The van der Waals surface area contributed by atoms with E-state index in [0.29, 0.717) is 12.2 Å². The topological polar surface area (TPSA) is 46.5 Å². The van der Waals surface area contributed by atoms with Crippen LogP contribution in [0.25, 0.3) is 0 Å². The molecule has 1 fully saturated rings. The summed E-state index contributed by atoms with van der Waals surface area (Å²) < 4.78 is 30.9. The number of hydrogen-bond acceptors (Lipinski definition) is 2.